The van der Waals surface area contributed by atoms with Crippen molar-refractivity contribution in [2.24, 2.45) is 5.92 Å². The Balaban J connectivity index is 1.78. The Labute approximate surface area is 271 Å². The maximum atomic E-state index is 14.5. The van der Waals surface area contributed by atoms with Gasteiger partial charge in [-0.1, -0.05) is 105 Å². The molecule has 4 aromatic rings. The van der Waals surface area contributed by atoms with E-state index in [0.29, 0.717) is 17.3 Å². The number of hydrogen-bond acceptors (Lipinski definition) is 4. The second kappa shape index (κ2) is 15.7. The highest BCUT2D eigenvalue weighted by Gasteiger charge is 2.34. The number of nitrogens with one attached hydrogen (secondary N) is 1. The van der Waals surface area contributed by atoms with Crippen molar-refractivity contribution in [1.82, 2.24) is 10.2 Å². The predicted molar refractivity (Wildman–Crippen MR) is 181 cm³/mol. The van der Waals surface area contributed by atoms with Crippen LogP contribution in [0, 0.1) is 5.92 Å². The van der Waals surface area contributed by atoms with E-state index in [0.717, 1.165) is 27.4 Å². The Morgan fingerprint density at radius 2 is 1.36 bits per heavy atom. The lowest BCUT2D eigenvalue weighted by Gasteiger charge is -2.34. The molecule has 0 aliphatic rings. The van der Waals surface area contributed by atoms with E-state index in [1.165, 1.54) is 17.0 Å². The summed E-state index contributed by atoms with van der Waals surface area (Å²) in [5.41, 5.74) is 3.03. The first kappa shape index (κ1) is 33.7. The van der Waals surface area contributed by atoms with Crippen LogP contribution in [0.25, 0.3) is 0 Å². The van der Waals surface area contributed by atoms with Crippen molar-refractivity contribution in [3.8, 4) is 0 Å². The molecule has 9 heteroatoms. The van der Waals surface area contributed by atoms with Crippen LogP contribution in [0.1, 0.15) is 37.5 Å². The van der Waals surface area contributed by atoms with Gasteiger partial charge in [0.05, 0.1) is 10.6 Å². The van der Waals surface area contributed by atoms with Gasteiger partial charge in [0.15, 0.2) is 0 Å². The molecule has 0 aromatic heterocycles. The number of sulfonamides is 1. The summed E-state index contributed by atoms with van der Waals surface area (Å²) in [5, 5.41) is 3.54. The minimum absolute atomic E-state index is 0.0668. The molecular weight excluding hydrogens is 606 g/mol. The summed E-state index contributed by atoms with van der Waals surface area (Å²) in [4.78, 5) is 29.9. The summed E-state index contributed by atoms with van der Waals surface area (Å²) in [6, 6.07) is 30.8. The molecule has 0 spiro atoms. The topological polar surface area (TPSA) is 86.8 Å². The van der Waals surface area contributed by atoms with Gasteiger partial charge in [0.2, 0.25) is 11.8 Å². The Morgan fingerprint density at radius 1 is 0.778 bits per heavy atom. The zero-order chi connectivity index (χ0) is 32.4. The summed E-state index contributed by atoms with van der Waals surface area (Å²) in [5.74, 6) is -0.617. The van der Waals surface area contributed by atoms with Crippen LogP contribution >= 0.6 is 11.6 Å². The van der Waals surface area contributed by atoms with Crippen molar-refractivity contribution in [2.75, 3.05) is 17.4 Å². The molecule has 0 aliphatic heterocycles. The molecule has 1 N–H and O–H groups in total. The van der Waals surface area contributed by atoms with E-state index in [9.17, 15) is 18.0 Å². The van der Waals surface area contributed by atoms with Crippen molar-refractivity contribution in [3.05, 3.63) is 131 Å². The molecule has 0 saturated carbocycles. The smallest absolute Gasteiger partial charge is 0.264 e. The van der Waals surface area contributed by atoms with E-state index in [1.807, 2.05) is 63.2 Å². The van der Waals surface area contributed by atoms with Crippen molar-refractivity contribution in [3.63, 3.8) is 0 Å². The predicted octanol–water partition coefficient (Wildman–Crippen LogP) is 6.51. The van der Waals surface area contributed by atoms with Crippen LogP contribution in [0.3, 0.4) is 0 Å². The second-order valence-corrected chi connectivity index (χ2v) is 13.6. The zero-order valence-electron chi connectivity index (χ0n) is 25.9. The highest BCUT2D eigenvalue weighted by Crippen LogP contribution is 2.26. The molecule has 0 unspecified atom stereocenters. The summed E-state index contributed by atoms with van der Waals surface area (Å²) in [6.45, 7) is 6.03. The van der Waals surface area contributed by atoms with E-state index in [1.54, 1.807) is 54.6 Å². The Morgan fingerprint density at radius 3 is 1.93 bits per heavy atom. The van der Waals surface area contributed by atoms with Crippen LogP contribution < -0.4 is 9.62 Å². The summed E-state index contributed by atoms with van der Waals surface area (Å²) < 4.78 is 29.3. The minimum atomic E-state index is -4.14. The number of hydrogen-bond donors (Lipinski definition) is 1. The molecular formula is C36H40ClN3O4S. The number of aryl methyl sites for hydroxylation is 1. The van der Waals surface area contributed by atoms with Crippen molar-refractivity contribution >= 4 is 39.1 Å². The largest absolute Gasteiger partial charge is 0.354 e. The first-order chi connectivity index (χ1) is 21.6. The zero-order valence-corrected chi connectivity index (χ0v) is 27.5. The third kappa shape index (κ3) is 9.19. The van der Waals surface area contributed by atoms with Gasteiger partial charge in [-0.2, -0.15) is 0 Å². The van der Waals surface area contributed by atoms with E-state index in [4.69, 9.17) is 11.6 Å². The lowest BCUT2D eigenvalue weighted by atomic mass is 10.0. The van der Waals surface area contributed by atoms with Crippen molar-refractivity contribution < 1.29 is 18.0 Å². The first-order valence-corrected chi connectivity index (χ1v) is 16.9. The number of benzene rings is 4. The van der Waals surface area contributed by atoms with E-state index in [-0.39, 0.29) is 29.7 Å². The summed E-state index contributed by atoms with van der Waals surface area (Å²) >= 11 is 6.15. The van der Waals surface area contributed by atoms with E-state index >= 15 is 0 Å². The average molecular weight is 646 g/mol. The average Bonchev–Trinajstić information content (AvgIpc) is 3.05. The molecule has 7 nitrogen and oxygen atoms in total. The van der Waals surface area contributed by atoms with Gasteiger partial charge >= 0.3 is 0 Å². The van der Waals surface area contributed by atoms with E-state index in [2.05, 4.69) is 5.32 Å². The number of halogens is 1. The van der Waals surface area contributed by atoms with Gasteiger partial charge in [0.25, 0.3) is 10.0 Å². The molecule has 4 rings (SSSR count). The lowest BCUT2D eigenvalue weighted by molar-refractivity contribution is -0.140. The fourth-order valence-corrected chi connectivity index (χ4v) is 6.47. The van der Waals surface area contributed by atoms with Crippen LogP contribution in [-0.4, -0.2) is 44.3 Å². The first-order valence-electron chi connectivity index (χ1n) is 15.1. The van der Waals surface area contributed by atoms with Crippen LogP contribution in [-0.2, 0) is 39.0 Å². The number of rotatable bonds is 14. The van der Waals surface area contributed by atoms with Crippen LogP contribution in [0.5, 0.6) is 0 Å². The minimum Gasteiger partial charge on any atom is -0.354 e. The molecule has 0 saturated heterocycles. The Bertz CT molecular complexity index is 1650. The monoisotopic (exact) mass is 645 g/mol. The third-order valence-electron chi connectivity index (χ3n) is 7.46. The molecule has 0 aliphatic carbocycles. The van der Waals surface area contributed by atoms with Gasteiger partial charge in [-0.05, 0) is 65.4 Å². The van der Waals surface area contributed by atoms with Gasteiger partial charge in [0, 0.05) is 24.5 Å². The number of carbonyl (C=O) groups excluding carboxylic acids is 2. The number of carbonyl (C=O) groups is 2. The third-order valence-corrected chi connectivity index (χ3v) is 9.50. The van der Waals surface area contributed by atoms with Crippen molar-refractivity contribution in [2.45, 2.75) is 51.1 Å². The van der Waals surface area contributed by atoms with Crippen LogP contribution in [0.2, 0.25) is 5.02 Å². The van der Waals surface area contributed by atoms with Gasteiger partial charge < -0.3 is 10.2 Å². The van der Waals surface area contributed by atoms with Gasteiger partial charge in [-0.15, -0.1) is 0 Å². The number of nitrogens with zero attached hydrogens (tertiary/aromatic N) is 2. The fraction of sp³-hybridized carbons (Fsp3) is 0.278. The SMILES string of the molecule is CCc1ccc(N(CC(=O)N(Cc2ccc(Cl)cc2)[C@H](Cc2ccccc2)C(=O)NCC(C)C)S(=O)(=O)c2ccccc2)cc1. The highest BCUT2D eigenvalue weighted by molar-refractivity contribution is 7.92. The maximum absolute atomic E-state index is 14.5. The molecule has 4 aromatic carbocycles. The van der Waals surface area contributed by atoms with Gasteiger partial charge in [-0.25, -0.2) is 8.42 Å². The fourth-order valence-electron chi connectivity index (χ4n) is 4.91. The number of amides is 2. The van der Waals surface area contributed by atoms with E-state index < -0.39 is 28.5 Å². The Hall–Kier alpha value is -4.14. The lowest BCUT2D eigenvalue weighted by Crippen LogP contribution is -2.53. The molecule has 2 amide bonds. The molecule has 236 valence electrons. The summed E-state index contributed by atoms with van der Waals surface area (Å²) in [6.07, 6.45) is 1.03. The second-order valence-electron chi connectivity index (χ2n) is 11.3. The molecule has 0 heterocycles. The number of anilines is 1. The van der Waals surface area contributed by atoms with Crippen LogP contribution in [0.15, 0.2) is 114 Å². The van der Waals surface area contributed by atoms with Gasteiger partial charge in [-0.3, -0.25) is 13.9 Å². The molecule has 0 bridgehead atoms. The quantitative estimate of drug-likeness (QED) is 0.169. The normalized spacial score (nSPS) is 12.0. The molecule has 0 radical (unpaired) electrons. The molecule has 45 heavy (non-hydrogen) atoms. The Kier molecular flexibility index (Phi) is 11.8. The molecule has 1 atom stereocenters. The maximum Gasteiger partial charge on any atom is 0.264 e. The standard InChI is InChI=1S/C36H40ClN3O4S/c1-4-28-17-21-32(22-18-28)40(45(43,44)33-13-9-6-10-14-33)26-35(41)39(25-30-15-19-31(37)20-16-30)34(36(42)38-24-27(2)3)23-29-11-7-5-8-12-29/h5-22,27,34H,4,23-26H2,1-3H3,(H,38,42)/t34-/m1/s1. The van der Waals surface area contributed by atoms with Crippen molar-refractivity contribution in [1.29, 1.82) is 0 Å². The van der Waals surface area contributed by atoms with Gasteiger partial charge in [0.1, 0.15) is 12.6 Å². The summed E-state index contributed by atoms with van der Waals surface area (Å²) in [7, 11) is -4.14. The molecule has 0 fully saturated rings. The van der Waals surface area contributed by atoms with Crippen LogP contribution in [0.4, 0.5) is 5.69 Å². The highest BCUT2D eigenvalue weighted by atomic mass is 35.5.